The SMILES string of the molecule is CCC1(C(=O)Nc2cc(C)cc(C)c2)CCCN1. The van der Waals surface area contributed by atoms with Gasteiger partial charge in [0, 0.05) is 5.69 Å². The summed E-state index contributed by atoms with van der Waals surface area (Å²) in [5.74, 6) is 0.104. The molecule has 1 atom stereocenters. The molecule has 1 aliphatic rings. The molecule has 1 unspecified atom stereocenters. The summed E-state index contributed by atoms with van der Waals surface area (Å²) >= 11 is 0. The second kappa shape index (κ2) is 5.11. The summed E-state index contributed by atoms with van der Waals surface area (Å²) in [5, 5.41) is 6.41. The first kappa shape index (κ1) is 13.1. The molecule has 0 bridgehead atoms. The standard InChI is InChI=1S/C15H22N2O/c1-4-15(6-5-7-16-15)14(18)17-13-9-11(2)8-12(3)10-13/h8-10,16H,4-7H2,1-3H3,(H,17,18). The van der Waals surface area contributed by atoms with Crippen molar-refractivity contribution in [1.82, 2.24) is 5.32 Å². The average molecular weight is 246 g/mol. The lowest BCUT2D eigenvalue weighted by Crippen LogP contribution is -2.50. The Morgan fingerprint density at radius 3 is 2.50 bits per heavy atom. The minimum atomic E-state index is -0.363. The highest BCUT2D eigenvalue weighted by molar-refractivity contribution is 5.98. The Hall–Kier alpha value is -1.35. The van der Waals surface area contributed by atoms with Gasteiger partial charge >= 0.3 is 0 Å². The van der Waals surface area contributed by atoms with Gasteiger partial charge in [-0.2, -0.15) is 0 Å². The maximum atomic E-state index is 12.4. The van der Waals surface area contributed by atoms with Crippen molar-refractivity contribution >= 4 is 11.6 Å². The van der Waals surface area contributed by atoms with Crippen LogP contribution in [0.3, 0.4) is 0 Å². The Morgan fingerprint density at radius 2 is 2.00 bits per heavy atom. The van der Waals surface area contributed by atoms with Crippen molar-refractivity contribution in [3.05, 3.63) is 29.3 Å². The molecule has 1 heterocycles. The quantitative estimate of drug-likeness (QED) is 0.861. The third-order valence-electron chi connectivity index (χ3n) is 3.76. The summed E-state index contributed by atoms with van der Waals surface area (Å²) in [5.41, 5.74) is 2.89. The van der Waals surface area contributed by atoms with E-state index >= 15 is 0 Å². The zero-order valence-electron chi connectivity index (χ0n) is 11.5. The molecule has 1 aromatic rings. The molecule has 98 valence electrons. The topological polar surface area (TPSA) is 41.1 Å². The molecular weight excluding hydrogens is 224 g/mol. The van der Waals surface area contributed by atoms with Gasteiger partial charge in [0.15, 0.2) is 0 Å². The van der Waals surface area contributed by atoms with Crippen LogP contribution < -0.4 is 10.6 Å². The predicted molar refractivity (Wildman–Crippen MR) is 74.8 cm³/mol. The lowest BCUT2D eigenvalue weighted by atomic mass is 9.93. The first-order valence-corrected chi connectivity index (χ1v) is 6.70. The lowest BCUT2D eigenvalue weighted by Gasteiger charge is -2.26. The van der Waals surface area contributed by atoms with Crippen molar-refractivity contribution in [2.75, 3.05) is 11.9 Å². The van der Waals surface area contributed by atoms with Crippen LogP contribution in [0.2, 0.25) is 0 Å². The van der Waals surface area contributed by atoms with E-state index in [1.165, 1.54) is 11.1 Å². The Morgan fingerprint density at radius 1 is 1.33 bits per heavy atom. The summed E-state index contributed by atoms with van der Waals surface area (Å²) in [6, 6.07) is 6.14. The Kier molecular flexibility index (Phi) is 3.71. The van der Waals surface area contributed by atoms with E-state index in [-0.39, 0.29) is 11.4 Å². The smallest absolute Gasteiger partial charge is 0.244 e. The molecule has 0 aromatic heterocycles. The van der Waals surface area contributed by atoms with E-state index in [4.69, 9.17) is 0 Å². The van der Waals surface area contributed by atoms with Crippen LogP contribution in [0, 0.1) is 13.8 Å². The van der Waals surface area contributed by atoms with Crippen LogP contribution in [0.25, 0.3) is 0 Å². The molecule has 0 saturated carbocycles. The molecule has 1 aliphatic heterocycles. The summed E-state index contributed by atoms with van der Waals surface area (Å²) in [7, 11) is 0. The monoisotopic (exact) mass is 246 g/mol. The number of hydrogen-bond acceptors (Lipinski definition) is 2. The van der Waals surface area contributed by atoms with E-state index < -0.39 is 0 Å². The molecule has 3 nitrogen and oxygen atoms in total. The third-order valence-corrected chi connectivity index (χ3v) is 3.76. The summed E-state index contributed by atoms with van der Waals surface area (Å²) in [6.07, 6.45) is 2.85. The second-order valence-corrected chi connectivity index (χ2v) is 5.30. The van der Waals surface area contributed by atoms with E-state index in [0.29, 0.717) is 0 Å². The average Bonchev–Trinajstić information content (AvgIpc) is 2.77. The van der Waals surface area contributed by atoms with Gasteiger partial charge in [0.1, 0.15) is 0 Å². The minimum Gasteiger partial charge on any atom is -0.324 e. The Labute approximate surface area is 109 Å². The molecule has 1 aromatic carbocycles. The highest BCUT2D eigenvalue weighted by atomic mass is 16.2. The molecule has 2 rings (SSSR count). The van der Waals surface area contributed by atoms with E-state index in [2.05, 4.69) is 23.6 Å². The number of benzene rings is 1. The Balaban J connectivity index is 2.15. The van der Waals surface area contributed by atoms with Crippen molar-refractivity contribution in [3.63, 3.8) is 0 Å². The summed E-state index contributed by atoms with van der Waals surface area (Å²) in [6.45, 7) is 7.10. The van der Waals surface area contributed by atoms with Crippen molar-refractivity contribution < 1.29 is 4.79 Å². The van der Waals surface area contributed by atoms with E-state index in [0.717, 1.165) is 31.5 Å². The first-order chi connectivity index (χ1) is 8.55. The maximum Gasteiger partial charge on any atom is 0.244 e. The third kappa shape index (κ3) is 2.56. The number of hydrogen-bond donors (Lipinski definition) is 2. The highest BCUT2D eigenvalue weighted by Crippen LogP contribution is 2.25. The van der Waals surface area contributed by atoms with Crippen LogP contribution in [0.5, 0.6) is 0 Å². The van der Waals surface area contributed by atoms with Gasteiger partial charge in [-0.25, -0.2) is 0 Å². The molecular formula is C15H22N2O. The van der Waals surface area contributed by atoms with Crippen molar-refractivity contribution in [2.45, 2.75) is 45.6 Å². The normalized spacial score (nSPS) is 23.1. The van der Waals surface area contributed by atoms with Crippen LogP contribution in [-0.2, 0) is 4.79 Å². The number of amides is 1. The van der Waals surface area contributed by atoms with Gasteiger partial charge in [0.25, 0.3) is 0 Å². The molecule has 0 aliphatic carbocycles. The van der Waals surface area contributed by atoms with Crippen molar-refractivity contribution in [2.24, 2.45) is 0 Å². The van der Waals surface area contributed by atoms with Crippen LogP contribution in [0.1, 0.15) is 37.3 Å². The number of nitrogens with one attached hydrogen (secondary N) is 2. The van der Waals surface area contributed by atoms with E-state index in [9.17, 15) is 4.79 Å². The molecule has 3 heteroatoms. The largest absolute Gasteiger partial charge is 0.324 e. The molecule has 18 heavy (non-hydrogen) atoms. The van der Waals surface area contributed by atoms with E-state index in [1.54, 1.807) is 0 Å². The van der Waals surface area contributed by atoms with Gasteiger partial charge < -0.3 is 10.6 Å². The fourth-order valence-corrected chi connectivity index (χ4v) is 2.76. The molecule has 2 N–H and O–H groups in total. The second-order valence-electron chi connectivity index (χ2n) is 5.30. The van der Waals surface area contributed by atoms with Gasteiger partial charge in [-0.05, 0) is 62.9 Å². The van der Waals surface area contributed by atoms with Gasteiger partial charge in [-0.3, -0.25) is 4.79 Å². The fraction of sp³-hybridized carbons (Fsp3) is 0.533. The van der Waals surface area contributed by atoms with E-state index in [1.807, 2.05) is 26.0 Å². The van der Waals surface area contributed by atoms with Gasteiger partial charge in [-0.15, -0.1) is 0 Å². The summed E-state index contributed by atoms with van der Waals surface area (Å²) in [4.78, 5) is 12.4. The molecule has 0 radical (unpaired) electrons. The minimum absolute atomic E-state index is 0.104. The fourth-order valence-electron chi connectivity index (χ4n) is 2.76. The molecule has 1 fully saturated rings. The number of anilines is 1. The van der Waals surface area contributed by atoms with Gasteiger partial charge in [0.05, 0.1) is 5.54 Å². The first-order valence-electron chi connectivity index (χ1n) is 6.70. The number of carbonyl (C=O) groups excluding carboxylic acids is 1. The number of carbonyl (C=O) groups is 1. The van der Waals surface area contributed by atoms with Crippen LogP contribution >= 0.6 is 0 Å². The van der Waals surface area contributed by atoms with Gasteiger partial charge in [-0.1, -0.05) is 13.0 Å². The Bertz CT molecular complexity index is 428. The number of rotatable bonds is 3. The van der Waals surface area contributed by atoms with Crippen molar-refractivity contribution in [1.29, 1.82) is 0 Å². The number of aryl methyl sites for hydroxylation is 2. The van der Waals surface area contributed by atoms with Crippen LogP contribution in [0.15, 0.2) is 18.2 Å². The molecule has 0 spiro atoms. The highest BCUT2D eigenvalue weighted by Gasteiger charge is 2.38. The molecule has 1 saturated heterocycles. The predicted octanol–water partition coefficient (Wildman–Crippen LogP) is 2.77. The molecule has 1 amide bonds. The lowest BCUT2D eigenvalue weighted by molar-refractivity contribution is -0.122. The van der Waals surface area contributed by atoms with Crippen LogP contribution in [-0.4, -0.2) is 18.0 Å². The van der Waals surface area contributed by atoms with Gasteiger partial charge in [0.2, 0.25) is 5.91 Å². The van der Waals surface area contributed by atoms with Crippen LogP contribution in [0.4, 0.5) is 5.69 Å². The zero-order valence-corrected chi connectivity index (χ0v) is 11.5. The summed E-state index contributed by atoms with van der Waals surface area (Å²) < 4.78 is 0. The maximum absolute atomic E-state index is 12.4. The van der Waals surface area contributed by atoms with Crippen molar-refractivity contribution in [3.8, 4) is 0 Å². The zero-order chi connectivity index (χ0) is 13.2.